The predicted octanol–water partition coefficient (Wildman–Crippen LogP) is 4.13. The van der Waals surface area contributed by atoms with Crippen LogP contribution in [0, 0.1) is 17.2 Å². The molecule has 1 unspecified atom stereocenters. The van der Waals surface area contributed by atoms with E-state index in [4.69, 9.17) is 5.26 Å². The van der Waals surface area contributed by atoms with Crippen LogP contribution in [0.4, 0.5) is 11.6 Å². The molecule has 1 atom stereocenters. The van der Waals surface area contributed by atoms with E-state index in [2.05, 4.69) is 31.6 Å². The summed E-state index contributed by atoms with van der Waals surface area (Å²) in [5.74, 6) is 1.08. The average molecular weight is 396 g/mol. The summed E-state index contributed by atoms with van der Waals surface area (Å²) in [4.78, 5) is 8.96. The van der Waals surface area contributed by atoms with E-state index < -0.39 is 0 Å². The number of rotatable bonds is 7. The van der Waals surface area contributed by atoms with Gasteiger partial charge in [0, 0.05) is 36.0 Å². The SMILES string of the molecule is N#CCC(C1CC1)n1cc(-c2ccnc(Nc3ccc(-n4cccn4)cc3)n2)cn1. The predicted molar refractivity (Wildman–Crippen MR) is 112 cm³/mol. The molecule has 8 nitrogen and oxygen atoms in total. The third kappa shape index (κ3) is 3.78. The zero-order valence-electron chi connectivity index (χ0n) is 16.3. The Morgan fingerprint density at radius 3 is 2.73 bits per heavy atom. The summed E-state index contributed by atoms with van der Waals surface area (Å²) in [6, 6.07) is 14.1. The largest absolute Gasteiger partial charge is 0.324 e. The molecule has 1 aliphatic carbocycles. The van der Waals surface area contributed by atoms with Crippen LogP contribution in [0.25, 0.3) is 16.9 Å². The molecule has 0 radical (unpaired) electrons. The van der Waals surface area contributed by atoms with Crippen molar-refractivity contribution in [1.29, 1.82) is 5.26 Å². The Morgan fingerprint density at radius 1 is 1.13 bits per heavy atom. The van der Waals surface area contributed by atoms with E-state index in [1.54, 1.807) is 23.3 Å². The third-order valence-corrected chi connectivity index (χ3v) is 5.25. The monoisotopic (exact) mass is 396 g/mol. The smallest absolute Gasteiger partial charge is 0.227 e. The Balaban J connectivity index is 1.33. The number of anilines is 2. The van der Waals surface area contributed by atoms with E-state index in [1.807, 2.05) is 53.5 Å². The number of benzene rings is 1. The molecule has 0 amide bonds. The van der Waals surface area contributed by atoms with Crippen molar-refractivity contribution in [3.05, 3.63) is 67.4 Å². The minimum Gasteiger partial charge on any atom is -0.324 e. The van der Waals surface area contributed by atoms with Crippen molar-refractivity contribution in [2.24, 2.45) is 5.92 Å². The van der Waals surface area contributed by atoms with Gasteiger partial charge in [-0.2, -0.15) is 15.5 Å². The molecule has 1 N–H and O–H groups in total. The van der Waals surface area contributed by atoms with Gasteiger partial charge in [0.05, 0.1) is 36.1 Å². The molecule has 0 aliphatic heterocycles. The Bertz CT molecular complexity index is 1170. The molecule has 0 saturated heterocycles. The van der Waals surface area contributed by atoms with Gasteiger partial charge in [-0.3, -0.25) is 4.68 Å². The van der Waals surface area contributed by atoms with Gasteiger partial charge < -0.3 is 5.32 Å². The molecule has 0 bridgehead atoms. The molecule has 1 aromatic carbocycles. The molecule has 8 heteroatoms. The molecular weight excluding hydrogens is 376 g/mol. The van der Waals surface area contributed by atoms with Gasteiger partial charge in [-0.05, 0) is 55.2 Å². The van der Waals surface area contributed by atoms with Gasteiger partial charge in [-0.15, -0.1) is 0 Å². The molecule has 30 heavy (non-hydrogen) atoms. The van der Waals surface area contributed by atoms with Crippen molar-refractivity contribution in [1.82, 2.24) is 29.5 Å². The maximum Gasteiger partial charge on any atom is 0.227 e. The summed E-state index contributed by atoms with van der Waals surface area (Å²) in [5.41, 5.74) is 3.58. The number of hydrogen-bond donors (Lipinski definition) is 1. The summed E-state index contributed by atoms with van der Waals surface area (Å²) in [5, 5.41) is 21.1. The molecular formula is C22H20N8. The average Bonchev–Trinajstić information content (AvgIpc) is 3.25. The first-order chi connectivity index (χ1) is 14.8. The number of nitrogens with zero attached hydrogens (tertiary/aromatic N) is 7. The fourth-order valence-electron chi connectivity index (χ4n) is 3.53. The maximum absolute atomic E-state index is 9.12. The van der Waals surface area contributed by atoms with Gasteiger partial charge >= 0.3 is 0 Å². The van der Waals surface area contributed by atoms with Crippen LogP contribution in [-0.2, 0) is 0 Å². The Hall–Kier alpha value is -3.99. The molecule has 4 aromatic rings. The van der Waals surface area contributed by atoms with Gasteiger partial charge in [0.15, 0.2) is 0 Å². The lowest BCUT2D eigenvalue weighted by Crippen LogP contribution is -2.10. The second-order valence-electron chi connectivity index (χ2n) is 7.36. The number of hydrogen-bond acceptors (Lipinski definition) is 6. The van der Waals surface area contributed by atoms with Crippen LogP contribution in [0.1, 0.15) is 25.3 Å². The van der Waals surface area contributed by atoms with E-state index in [1.165, 1.54) is 12.8 Å². The molecule has 5 rings (SSSR count). The number of aromatic nitrogens is 6. The third-order valence-electron chi connectivity index (χ3n) is 5.25. The summed E-state index contributed by atoms with van der Waals surface area (Å²) in [6.07, 6.45) is 12.0. The first kappa shape index (κ1) is 18.1. The summed E-state index contributed by atoms with van der Waals surface area (Å²) in [7, 11) is 0. The van der Waals surface area contributed by atoms with Gasteiger partial charge in [-0.1, -0.05) is 0 Å². The lowest BCUT2D eigenvalue weighted by atomic mass is 10.1. The minimum absolute atomic E-state index is 0.150. The second-order valence-corrected chi connectivity index (χ2v) is 7.36. The van der Waals surface area contributed by atoms with Crippen LogP contribution in [0.2, 0.25) is 0 Å². The standard InChI is InChI=1S/C22H20N8/c23-10-8-21(16-2-3-16)30-15-17(14-26-30)20-9-12-24-22(28-20)27-18-4-6-19(7-5-18)29-13-1-11-25-29/h1,4-7,9,11-16,21H,2-3,8H2,(H,24,27,28). The molecule has 148 valence electrons. The molecule has 3 heterocycles. The molecule has 0 spiro atoms. The van der Waals surface area contributed by atoms with E-state index >= 15 is 0 Å². The lowest BCUT2D eigenvalue weighted by molar-refractivity contribution is 0.412. The Labute approximate surface area is 173 Å². The van der Waals surface area contributed by atoms with Crippen LogP contribution >= 0.6 is 0 Å². The first-order valence-electron chi connectivity index (χ1n) is 9.92. The van der Waals surface area contributed by atoms with Crippen molar-refractivity contribution < 1.29 is 0 Å². The van der Waals surface area contributed by atoms with Crippen molar-refractivity contribution in [3.63, 3.8) is 0 Å². The fourth-order valence-corrected chi connectivity index (χ4v) is 3.53. The topological polar surface area (TPSA) is 97.2 Å². The zero-order chi connectivity index (χ0) is 20.3. The number of nitriles is 1. The van der Waals surface area contributed by atoms with Gasteiger partial charge in [0.2, 0.25) is 5.95 Å². The highest BCUT2D eigenvalue weighted by molar-refractivity contribution is 5.61. The minimum atomic E-state index is 0.150. The maximum atomic E-state index is 9.12. The van der Waals surface area contributed by atoms with Crippen molar-refractivity contribution in [3.8, 4) is 23.0 Å². The fraction of sp³-hybridized carbons (Fsp3) is 0.227. The van der Waals surface area contributed by atoms with Gasteiger partial charge in [0.25, 0.3) is 0 Å². The Morgan fingerprint density at radius 2 is 2.00 bits per heavy atom. The van der Waals surface area contributed by atoms with E-state index in [0.717, 1.165) is 22.6 Å². The number of nitrogens with one attached hydrogen (secondary N) is 1. The van der Waals surface area contributed by atoms with Crippen LogP contribution in [0.15, 0.2) is 67.4 Å². The van der Waals surface area contributed by atoms with Gasteiger partial charge in [0.1, 0.15) is 0 Å². The molecule has 3 aromatic heterocycles. The van der Waals surface area contributed by atoms with Crippen LogP contribution in [-0.4, -0.2) is 29.5 Å². The normalized spacial score (nSPS) is 14.2. The first-order valence-corrected chi connectivity index (χ1v) is 9.92. The summed E-state index contributed by atoms with van der Waals surface area (Å²) >= 11 is 0. The molecule has 1 saturated carbocycles. The zero-order valence-corrected chi connectivity index (χ0v) is 16.3. The van der Waals surface area contributed by atoms with E-state index in [0.29, 0.717) is 18.3 Å². The Kier molecular flexibility index (Phi) is 4.69. The van der Waals surface area contributed by atoms with E-state index in [-0.39, 0.29) is 6.04 Å². The summed E-state index contributed by atoms with van der Waals surface area (Å²) in [6.45, 7) is 0. The quantitative estimate of drug-likeness (QED) is 0.504. The van der Waals surface area contributed by atoms with Crippen LogP contribution in [0.5, 0.6) is 0 Å². The second kappa shape index (κ2) is 7.79. The molecule has 1 aliphatic rings. The highest BCUT2D eigenvalue weighted by Crippen LogP contribution is 2.41. The molecule has 1 fully saturated rings. The lowest BCUT2D eigenvalue weighted by Gasteiger charge is -2.12. The highest BCUT2D eigenvalue weighted by atomic mass is 15.3. The van der Waals surface area contributed by atoms with Crippen LogP contribution < -0.4 is 5.32 Å². The van der Waals surface area contributed by atoms with Gasteiger partial charge in [-0.25, -0.2) is 14.6 Å². The summed E-state index contributed by atoms with van der Waals surface area (Å²) < 4.78 is 3.72. The van der Waals surface area contributed by atoms with E-state index in [9.17, 15) is 0 Å². The van der Waals surface area contributed by atoms with Crippen molar-refractivity contribution in [2.45, 2.75) is 25.3 Å². The van der Waals surface area contributed by atoms with Crippen LogP contribution in [0.3, 0.4) is 0 Å². The van der Waals surface area contributed by atoms with Crippen molar-refractivity contribution in [2.75, 3.05) is 5.32 Å². The highest BCUT2D eigenvalue weighted by Gasteiger charge is 2.32. The van der Waals surface area contributed by atoms with Crippen molar-refractivity contribution >= 4 is 11.6 Å².